The average Bonchev–Trinajstić information content (AvgIpc) is 3.54. The van der Waals surface area contributed by atoms with E-state index in [2.05, 4.69) is 41.2 Å². The molecule has 1 aliphatic heterocycles. The van der Waals surface area contributed by atoms with Gasteiger partial charge in [-0.2, -0.15) is 0 Å². The van der Waals surface area contributed by atoms with E-state index < -0.39 is 0 Å². The molecule has 0 aromatic rings. The van der Waals surface area contributed by atoms with Gasteiger partial charge < -0.3 is 4.74 Å². The monoisotopic (exact) mass is 420 g/mol. The van der Waals surface area contributed by atoms with Gasteiger partial charge in [0, 0.05) is 0 Å². The fraction of sp³-hybridized carbons (Fsp3) is 0.933. The molecule has 8 fully saturated rings. The zero-order chi connectivity index (χ0) is 21.3. The van der Waals surface area contributed by atoms with Gasteiger partial charge in [-0.25, -0.2) is 0 Å². The van der Waals surface area contributed by atoms with Crippen molar-refractivity contribution in [3.05, 3.63) is 12.2 Å². The van der Waals surface area contributed by atoms with Gasteiger partial charge in [0.25, 0.3) is 0 Å². The molecule has 2 spiro atoms. The van der Waals surface area contributed by atoms with Crippen LogP contribution in [-0.4, -0.2) is 12.2 Å². The maximum absolute atomic E-state index is 6.85. The van der Waals surface area contributed by atoms with Gasteiger partial charge in [0.05, 0.1) is 12.2 Å². The maximum atomic E-state index is 6.85. The van der Waals surface area contributed by atoms with E-state index in [1.54, 1.807) is 19.3 Å². The third-order valence-electron chi connectivity index (χ3n) is 14.5. The van der Waals surface area contributed by atoms with Crippen LogP contribution in [0.25, 0.3) is 0 Å². The van der Waals surface area contributed by atoms with Gasteiger partial charge in [-0.15, -0.1) is 0 Å². The van der Waals surface area contributed by atoms with E-state index in [0.717, 1.165) is 46.8 Å². The van der Waals surface area contributed by atoms with Crippen molar-refractivity contribution in [2.45, 2.75) is 105 Å². The van der Waals surface area contributed by atoms with Crippen LogP contribution in [0, 0.1) is 68.5 Å². The average molecular weight is 421 g/mol. The SMILES string of the molecule is C=C(C)C1CC2CC23CC2(C)C(CC13)CC1(C)C3CCC4OC(CC15CC25)C3C4(C)C. The van der Waals surface area contributed by atoms with Crippen molar-refractivity contribution >= 4 is 0 Å². The van der Waals surface area contributed by atoms with Crippen molar-refractivity contribution in [3.63, 3.8) is 0 Å². The molecule has 7 saturated carbocycles. The van der Waals surface area contributed by atoms with Crippen LogP contribution in [0.2, 0.25) is 0 Å². The number of fused-ring (bicyclic) bond motifs is 4. The van der Waals surface area contributed by atoms with Crippen LogP contribution in [-0.2, 0) is 4.74 Å². The molecule has 13 unspecified atom stereocenters. The van der Waals surface area contributed by atoms with E-state index in [1.165, 1.54) is 44.1 Å². The quantitative estimate of drug-likeness (QED) is 0.406. The standard InChI is InChI=1S/C30H44O/c1-16(2)19-9-18-12-29(18)15-27(5)17(10-21(19)29)11-28(6)20-7-8-24-26(3,4)25(20)22(31-24)13-30(28)14-23(27)30/h17-25H,1,7-15H2,2-6H3. The van der Waals surface area contributed by atoms with Crippen molar-refractivity contribution in [2.75, 3.05) is 0 Å². The largest absolute Gasteiger partial charge is 0.374 e. The summed E-state index contributed by atoms with van der Waals surface area (Å²) in [6.45, 7) is 17.5. The minimum absolute atomic E-state index is 0.400. The molecule has 31 heavy (non-hydrogen) atoms. The second-order valence-corrected chi connectivity index (χ2v) is 15.5. The van der Waals surface area contributed by atoms with Gasteiger partial charge in [0.1, 0.15) is 0 Å². The molecule has 1 saturated heterocycles. The predicted octanol–water partition coefficient (Wildman–Crippen LogP) is 7.26. The highest BCUT2D eigenvalue weighted by molar-refractivity contribution is 5.32. The first-order valence-electron chi connectivity index (χ1n) is 13.9. The molecule has 0 N–H and O–H groups in total. The normalized spacial score (nSPS) is 68.1. The molecule has 8 rings (SSSR count). The molecule has 1 nitrogen and oxygen atoms in total. The summed E-state index contributed by atoms with van der Waals surface area (Å²) in [5, 5.41) is 0. The number of allylic oxidation sites excluding steroid dienone is 1. The Hall–Kier alpha value is -0.300. The predicted molar refractivity (Wildman–Crippen MR) is 124 cm³/mol. The molecule has 13 atom stereocenters. The summed E-state index contributed by atoms with van der Waals surface area (Å²) in [7, 11) is 0. The highest BCUT2D eigenvalue weighted by Crippen LogP contribution is 2.89. The van der Waals surface area contributed by atoms with Crippen molar-refractivity contribution in [2.24, 2.45) is 68.5 Å². The lowest BCUT2D eigenvalue weighted by Crippen LogP contribution is -2.60. The lowest BCUT2D eigenvalue weighted by Gasteiger charge is -2.65. The molecule has 7 aliphatic carbocycles. The molecule has 1 heterocycles. The first-order chi connectivity index (χ1) is 14.6. The van der Waals surface area contributed by atoms with Gasteiger partial charge in [-0.05, 0) is 133 Å². The molecule has 0 radical (unpaired) electrons. The second-order valence-electron chi connectivity index (χ2n) is 15.5. The van der Waals surface area contributed by atoms with E-state index in [1.807, 2.05) is 0 Å². The van der Waals surface area contributed by atoms with Crippen molar-refractivity contribution in [1.82, 2.24) is 0 Å². The Morgan fingerprint density at radius 3 is 2.48 bits per heavy atom. The number of ether oxygens (including phenoxy) is 1. The van der Waals surface area contributed by atoms with E-state index in [4.69, 9.17) is 4.74 Å². The summed E-state index contributed by atoms with van der Waals surface area (Å²) in [5.41, 5.74) is 4.45. The summed E-state index contributed by atoms with van der Waals surface area (Å²) in [6, 6.07) is 0. The van der Waals surface area contributed by atoms with Crippen molar-refractivity contribution in [3.8, 4) is 0 Å². The van der Waals surface area contributed by atoms with Crippen LogP contribution in [0.5, 0.6) is 0 Å². The third kappa shape index (κ3) is 1.83. The lowest BCUT2D eigenvalue weighted by molar-refractivity contribution is -0.167. The Bertz CT molecular complexity index is 902. The van der Waals surface area contributed by atoms with Crippen LogP contribution in [0.1, 0.15) is 92.4 Å². The number of rotatable bonds is 1. The number of hydrogen-bond donors (Lipinski definition) is 0. The van der Waals surface area contributed by atoms with Gasteiger partial charge in [0.15, 0.2) is 0 Å². The Morgan fingerprint density at radius 1 is 0.903 bits per heavy atom. The molecular weight excluding hydrogens is 376 g/mol. The smallest absolute Gasteiger partial charge is 0.0633 e. The van der Waals surface area contributed by atoms with Crippen LogP contribution in [0.4, 0.5) is 0 Å². The summed E-state index contributed by atoms with van der Waals surface area (Å²) in [4.78, 5) is 0. The first kappa shape index (κ1) is 19.1. The third-order valence-corrected chi connectivity index (χ3v) is 14.5. The maximum Gasteiger partial charge on any atom is 0.0633 e. The van der Waals surface area contributed by atoms with Crippen LogP contribution in [0.3, 0.4) is 0 Å². The molecule has 0 aromatic carbocycles. The zero-order valence-electron chi connectivity index (χ0n) is 20.7. The highest BCUT2D eigenvalue weighted by atomic mass is 16.5. The van der Waals surface area contributed by atoms with Gasteiger partial charge in [-0.3, -0.25) is 0 Å². The molecule has 0 aromatic heterocycles. The molecule has 1 heteroatoms. The topological polar surface area (TPSA) is 9.23 Å². The van der Waals surface area contributed by atoms with Gasteiger partial charge in [0.2, 0.25) is 0 Å². The van der Waals surface area contributed by atoms with E-state index in [-0.39, 0.29) is 0 Å². The minimum Gasteiger partial charge on any atom is -0.374 e. The van der Waals surface area contributed by atoms with Gasteiger partial charge in [-0.1, -0.05) is 39.8 Å². The van der Waals surface area contributed by atoms with Crippen LogP contribution < -0.4 is 0 Å². The Kier molecular flexibility index (Phi) is 3.10. The molecule has 0 amide bonds. The second kappa shape index (κ2) is 5.04. The molecular formula is C30H44O. The van der Waals surface area contributed by atoms with Gasteiger partial charge >= 0.3 is 0 Å². The summed E-state index contributed by atoms with van der Waals surface area (Å²) >= 11 is 0. The van der Waals surface area contributed by atoms with Crippen LogP contribution >= 0.6 is 0 Å². The van der Waals surface area contributed by atoms with Crippen molar-refractivity contribution < 1.29 is 4.74 Å². The fourth-order valence-corrected chi connectivity index (χ4v) is 13.1. The minimum atomic E-state index is 0.400. The molecule has 2 bridgehead atoms. The molecule has 8 aliphatic rings. The van der Waals surface area contributed by atoms with E-state index >= 15 is 0 Å². The van der Waals surface area contributed by atoms with Crippen molar-refractivity contribution in [1.29, 1.82) is 0 Å². The Morgan fingerprint density at radius 2 is 1.71 bits per heavy atom. The highest BCUT2D eigenvalue weighted by Gasteiger charge is 2.83. The summed E-state index contributed by atoms with van der Waals surface area (Å²) in [5.74, 6) is 6.57. The molecule has 170 valence electrons. The van der Waals surface area contributed by atoms with E-state index in [0.29, 0.717) is 33.9 Å². The Balaban J connectivity index is 1.20. The lowest BCUT2D eigenvalue weighted by atomic mass is 9.39. The van der Waals surface area contributed by atoms with E-state index in [9.17, 15) is 0 Å². The Labute approximate surface area is 190 Å². The van der Waals surface area contributed by atoms with Crippen LogP contribution in [0.15, 0.2) is 12.2 Å². The zero-order valence-corrected chi connectivity index (χ0v) is 20.7. The fourth-order valence-electron chi connectivity index (χ4n) is 13.1. The number of hydrogen-bond acceptors (Lipinski definition) is 1. The summed E-state index contributed by atoms with van der Waals surface area (Å²) < 4.78 is 6.85. The summed E-state index contributed by atoms with van der Waals surface area (Å²) in [6.07, 6.45) is 14.5. The first-order valence-corrected chi connectivity index (χ1v) is 13.9.